The van der Waals surface area contributed by atoms with Gasteiger partial charge in [-0.2, -0.15) is 0 Å². The molecule has 0 saturated heterocycles. The van der Waals surface area contributed by atoms with E-state index >= 15 is 0 Å². The molecule has 0 radical (unpaired) electrons. The number of nitrogens with zero attached hydrogens (tertiary/aromatic N) is 5. The molecule has 5 heteroatoms. The van der Waals surface area contributed by atoms with Crippen LogP contribution in [0.2, 0.25) is 0 Å². The van der Waals surface area contributed by atoms with Crippen molar-refractivity contribution in [1.29, 1.82) is 0 Å². The van der Waals surface area contributed by atoms with Gasteiger partial charge in [0, 0.05) is 65.1 Å². The molecule has 0 unspecified atom stereocenters. The van der Waals surface area contributed by atoms with Crippen molar-refractivity contribution in [3.63, 3.8) is 0 Å². The molecular formula is C54H31N5. The van der Waals surface area contributed by atoms with E-state index in [4.69, 9.17) is 10.2 Å². The van der Waals surface area contributed by atoms with Crippen molar-refractivity contribution in [2.45, 2.75) is 0 Å². The van der Waals surface area contributed by atoms with Crippen LogP contribution in [-0.4, -0.2) is 23.7 Å². The van der Waals surface area contributed by atoms with E-state index in [1.165, 1.54) is 75.9 Å². The lowest BCUT2D eigenvalue weighted by Gasteiger charge is -2.13. The van der Waals surface area contributed by atoms with Crippen molar-refractivity contribution in [2.75, 3.05) is 0 Å². The maximum atomic E-state index is 5.22. The molecule has 272 valence electrons. The second-order valence-corrected chi connectivity index (χ2v) is 15.8. The fourth-order valence-corrected chi connectivity index (χ4v) is 10.4. The monoisotopic (exact) mass is 749 g/mol. The van der Waals surface area contributed by atoms with E-state index < -0.39 is 0 Å². The van der Waals surface area contributed by atoms with Gasteiger partial charge in [-0.25, -0.2) is 0 Å². The molecule has 0 spiro atoms. The molecule has 0 fully saturated rings. The van der Waals surface area contributed by atoms with Gasteiger partial charge in [-0.3, -0.25) is 4.57 Å². The van der Waals surface area contributed by atoms with Crippen LogP contribution in [0.4, 0.5) is 0 Å². The molecule has 0 amide bonds. The van der Waals surface area contributed by atoms with Gasteiger partial charge in [-0.1, -0.05) is 133 Å². The van der Waals surface area contributed by atoms with Gasteiger partial charge in [0.1, 0.15) is 5.69 Å². The van der Waals surface area contributed by atoms with E-state index in [9.17, 15) is 0 Å². The van der Waals surface area contributed by atoms with Gasteiger partial charge >= 0.3 is 0 Å². The summed E-state index contributed by atoms with van der Waals surface area (Å²) < 4.78 is 7.21. The first-order chi connectivity index (χ1) is 29.3. The van der Waals surface area contributed by atoms with Gasteiger partial charge in [0.2, 0.25) is 0 Å². The lowest BCUT2D eigenvalue weighted by molar-refractivity contribution is 0.977. The molecule has 0 saturated carbocycles. The quantitative estimate of drug-likeness (QED) is 0.180. The SMILES string of the molecule is c1ccc(-n2c3ccccc3c3cc(-c4nnc(-n5c6ccccc6c6c7c8c9ccccc9ccc8n8c9ccccc9c(cc65)c78)c5ccccc45)ccc32)cc1. The van der Waals surface area contributed by atoms with Gasteiger partial charge in [-0.05, 0) is 65.4 Å². The topological polar surface area (TPSA) is 40.0 Å². The first-order valence-corrected chi connectivity index (χ1v) is 20.2. The molecule has 14 aromatic rings. The summed E-state index contributed by atoms with van der Waals surface area (Å²) in [6.07, 6.45) is 0. The van der Waals surface area contributed by atoms with Crippen molar-refractivity contribution < 1.29 is 0 Å². The van der Waals surface area contributed by atoms with E-state index in [1.807, 2.05) is 0 Å². The van der Waals surface area contributed by atoms with E-state index in [2.05, 4.69) is 202 Å². The summed E-state index contributed by atoms with van der Waals surface area (Å²) in [6, 6.07) is 68.1. The molecule has 5 nitrogen and oxygen atoms in total. The summed E-state index contributed by atoms with van der Waals surface area (Å²) in [5.41, 5.74) is 11.3. The van der Waals surface area contributed by atoms with E-state index in [1.54, 1.807) is 0 Å². The Kier molecular flexibility index (Phi) is 5.96. The molecule has 14 rings (SSSR count). The van der Waals surface area contributed by atoms with Gasteiger partial charge in [-0.15, -0.1) is 10.2 Å². The summed E-state index contributed by atoms with van der Waals surface area (Å²) in [7, 11) is 0. The number of fused-ring (bicyclic) bond motifs is 16. The Hall–Kier alpha value is -8.02. The first kappa shape index (κ1) is 31.1. The number of rotatable bonds is 3. The predicted molar refractivity (Wildman–Crippen MR) is 246 cm³/mol. The summed E-state index contributed by atoms with van der Waals surface area (Å²) >= 11 is 0. The molecule has 0 N–H and O–H groups in total. The number of hydrogen-bond donors (Lipinski definition) is 0. The average Bonchev–Trinajstić information content (AvgIpc) is 4.03. The van der Waals surface area contributed by atoms with Gasteiger partial charge in [0.05, 0.1) is 38.6 Å². The maximum Gasteiger partial charge on any atom is 0.168 e. The lowest BCUT2D eigenvalue weighted by Crippen LogP contribution is -2.02. The van der Waals surface area contributed by atoms with Crippen LogP contribution in [0.1, 0.15) is 0 Å². The Balaban J connectivity index is 1.08. The minimum absolute atomic E-state index is 0.823. The van der Waals surface area contributed by atoms with Crippen LogP contribution in [0.25, 0.3) is 126 Å². The second-order valence-electron chi connectivity index (χ2n) is 15.8. The zero-order chi connectivity index (χ0) is 38.3. The standard InChI is InChI=1S/C54H31N5/c1-2-15-34(16-3-1)57-43-23-11-8-18-36(43)41-30-33(27-28-46(41)57)52-38-20-6-7-21-39(38)54(56-55-52)59-45-25-13-10-22-40(45)50-48(59)31-42-37-19-9-12-24-44(37)58-47-29-26-32-14-4-5-17-35(32)49(47)51(50)53(42)58/h1-31H. The maximum absolute atomic E-state index is 5.22. The minimum Gasteiger partial charge on any atom is -0.309 e. The molecule has 0 atom stereocenters. The highest BCUT2D eigenvalue weighted by molar-refractivity contribution is 6.39. The van der Waals surface area contributed by atoms with Crippen molar-refractivity contribution >= 4 is 103 Å². The molecule has 0 aliphatic rings. The molecule has 59 heavy (non-hydrogen) atoms. The first-order valence-electron chi connectivity index (χ1n) is 20.2. The van der Waals surface area contributed by atoms with Crippen LogP contribution in [-0.2, 0) is 0 Å². The van der Waals surface area contributed by atoms with Crippen molar-refractivity contribution in [3.8, 4) is 22.8 Å². The van der Waals surface area contributed by atoms with Crippen LogP contribution >= 0.6 is 0 Å². The van der Waals surface area contributed by atoms with Crippen molar-refractivity contribution in [2.24, 2.45) is 0 Å². The average molecular weight is 750 g/mol. The fraction of sp³-hybridized carbons (Fsp3) is 0. The minimum atomic E-state index is 0.823. The normalized spacial score (nSPS) is 12.4. The van der Waals surface area contributed by atoms with Crippen LogP contribution in [0.3, 0.4) is 0 Å². The molecule has 9 aromatic carbocycles. The van der Waals surface area contributed by atoms with Crippen molar-refractivity contribution in [3.05, 3.63) is 188 Å². The highest BCUT2D eigenvalue weighted by Crippen LogP contribution is 2.48. The number of para-hydroxylation sites is 4. The number of hydrogen-bond acceptors (Lipinski definition) is 2. The fourth-order valence-electron chi connectivity index (χ4n) is 10.4. The molecule has 0 bridgehead atoms. The predicted octanol–water partition coefficient (Wildman–Crippen LogP) is 13.8. The van der Waals surface area contributed by atoms with Gasteiger partial charge in [0.15, 0.2) is 5.82 Å². The number of benzene rings is 9. The van der Waals surface area contributed by atoms with Gasteiger partial charge < -0.3 is 8.97 Å². The third-order valence-corrected chi connectivity index (χ3v) is 12.8. The number of aromatic nitrogens is 5. The van der Waals surface area contributed by atoms with Crippen LogP contribution in [0, 0.1) is 0 Å². The van der Waals surface area contributed by atoms with Crippen LogP contribution < -0.4 is 0 Å². The summed E-state index contributed by atoms with van der Waals surface area (Å²) in [5.74, 6) is 0.823. The van der Waals surface area contributed by atoms with E-state index in [0.717, 1.165) is 50.1 Å². The molecule has 5 aromatic heterocycles. The summed E-state index contributed by atoms with van der Waals surface area (Å²) in [4.78, 5) is 0. The third-order valence-electron chi connectivity index (χ3n) is 12.8. The largest absolute Gasteiger partial charge is 0.309 e. The Morgan fingerprint density at radius 3 is 1.73 bits per heavy atom. The second kappa shape index (κ2) is 11.3. The Morgan fingerprint density at radius 1 is 0.322 bits per heavy atom. The van der Waals surface area contributed by atoms with Crippen LogP contribution in [0.5, 0.6) is 0 Å². The van der Waals surface area contributed by atoms with E-state index in [-0.39, 0.29) is 0 Å². The smallest absolute Gasteiger partial charge is 0.168 e. The Bertz CT molecular complexity index is 4070. The van der Waals surface area contributed by atoms with Crippen molar-refractivity contribution in [1.82, 2.24) is 23.7 Å². The highest BCUT2D eigenvalue weighted by atomic mass is 15.2. The molecular weight excluding hydrogens is 719 g/mol. The van der Waals surface area contributed by atoms with Gasteiger partial charge in [0.25, 0.3) is 0 Å². The Labute approximate surface area is 336 Å². The third kappa shape index (κ3) is 3.98. The highest BCUT2D eigenvalue weighted by Gasteiger charge is 2.26. The zero-order valence-electron chi connectivity index (χ0n) is 31.6. The summed E-state index contributed by atoms with van der Waals surface area (Å²) in [5, 5.41) is 24.9. The lowest BCUT2D eigenvalue weighted by atomic mass is 9.98. The summed E-state index contributed by atoms with van der Waals surface area (Å²) in [6.45, 7) is 0. The van der Waals surface area contributed by atoms with E-state index in [0.29, 0.717) is 0 Å². The zero-order valence-corrected chi connectivity index (χ0v) is 31.6. The molecule has 0 aliphatic heterocycles. The van der Waals surface area contributed by atoms with Crippen LogP contribution in [0.15, 0.2) is 188 Å². The molecule has 5 heterocycles. The Morgan fingerprint density at radius 2 is 0.915 bits per heavy atom. The molecule has 0 aliphatic carbocycles.